The number of oxime groups is 1. The number of aryl methyl sites for hydroxylation is 1. The van der Waals surface area contributed by atoms with Gasteiger partial charge in [0.2, 0.25) is 0 Å². The molecule has 1 heterocycles. The second-order valence-electron chi connectivity index (χ2n) is 6.75. The topological polar surface area (TPSA) is 68.5 Å². The fourth-order valence-electron chi connectivity index (χ4n) is 2.89. The molecule has 0 aliphatic heterocycles. The molecular formula is C22H21F3N4O2. The molecule has 0 saturated carbocycles. The number of para-hydroxylation sites is 1. The van der Waals surface area contributed by atoms with Gasteiger partial charge in [0.15, 0.2) is 5.69 Å². The van der Waals surface area contributed by atoms with Crippen LogP contribution in [0.4, 0.5) is 18.9 Å². The van der Waals surface area contributed by atoms with Gasteiger partial charge in [0, 0.05) is 24.5 Å². The fraction of sp³-hybridized carbons (Fsp3) is 0.227. The van der Waals surface area contributed by atoms with Gasteiger partial charge in [-0.2, -0.15) is 18.3 Å². The summed E-state index contributed by atoms with van der Waals surface area (Å²) < 4.78 is 40.6. The summed E-state index contributed by atoms with van der Waals surface area (Å²) in [6.07, 6.45) is -1.22. The molecular weight excluding hydrogens is 409 g/mol. The minimum absolute atomic E-state index is 0.386. The fourth-order valence-corrected chi connectivity index (χ4v) is 2.89. The smallest absolute Gasteiger partial charge is 0.396 e. The molecule has 3 aromatic rings. The molecule has 0 spiro atoms. The van der Waals surface area contributed by atoms with Gasteiger partial charge in [-0.1, -0.05) is 54.5 Å². The van der Waals surface area contributed by atoms with Crippen LogP contribution < -0.4 is 5.32 Å². The van der Waals surface area contributed by atoms with Crippen LogP contribution in [0.3, 0.4) is 0 Å². The van der Waals surface area contributed by atoms with Crippen LogP contribution in [0, 0.1) is 0 Å². The van der Waals surface area contributed by atoms with E-state index in [0.29, 0.717) is 17.9 Å². The van der Waals surface area contributed by atoms with E-state index >= 15 is 0 Å². The summed E-state index contributed by atoms with van der Waals surface area (Å²) in [6, 6.07) is 14.2. The zero-order chi connectivity index (χ0) is 22.4. The third-order valence-corrected chi connectivity index (χ3v) is 4.31. The molecule has 31 heavy (non-hydrogen) atoms. The summed E-state index contributed by atoms with van der Waals surface area (Å²) in [5.41, 5.74) is 0.898. The molecule has 162 valence electrons. The number of benzene rings is 2. The number of nitrogens with zero attached hydrogens (tertiary/aromatic N) is 3. The molecule has 0 radical (unpaired) electrons. The van der Waals surface area contributed by atoms with Crippen molar-refractivity contribution in [2.24, 2.45) is 12.2 Å². The maximum Gasteiger partial charge on any atom is 0.435 e. The van der Waals surface area contributed by atoms with Gasteiger partial charge in [0.25, 0.3) is 5.91 Å². The summed E-state index contributed by atoms with van der Waals surface area (Å²) in [7, 11) is 1.33. The summed E-state index contributed by atoms with van der Waals surface area (Å²) in [6.45, 7) is 2.52. The minimum atomic E-state index is -4.73. The first kappa shape index (κ1) is 22.1. The number of amides is 1. The van der Waals surface area contributed by atoms with E-state index in [0.717, 1.165) is 28.4 Å². The Morgan fingerprint density at radius 2 is 1.90 bits per heavy atom. The molecule has 0 aliphatic carbocycles. The third-order valence-electron chi connectivity index (χ3n) is 4.31. The van der Waals surface area contributed by atoms with Crippen molar-refractivity contribution < 1.29 is 22.8 Å². The zero-order valence-corrected chi connectivity index (χ0v) is 17.0. The molecule has 0 saturated heterocycles. The van der Waals surface area contributed by atoms with E-state index in [9.17, 15) is 18.0 Å². The van der Waals surface area contributed by atoms with E-state index in [1.807, 2.05) is 31.2 Å². The minimum Gasteiger partial charge on any atom is -0.396 e. The SMILES string of the molecule is CCCO/N=C/c1ccc(-c2ccccc2NC(=O)c2cn(C)nc2C(F)(F)F)cc1. The Kier molecular flexibility index (Phi) is 6.74. The second-order valence-corrected chi connectivity index (χ2v) is 6.75. The number of rotatable bonds is 7. The lowest BCUT2D eigenvalue weighted by atomic mass is 10.0. The summed E-state index contributed by atoms with van der Waals surface area (Å²) >= 11 is 0. The molecule has 0 fully saturated rings. The monoisotopic (exact) mass is 430 g/mol. The third kappa shape index (κ3) is 5.50. The van der Waals surface area contributed by atoms with Crippen LogP contribution in [0.1, 0.15) is 35.0 Å². The summed E-state index contributed by atoms with van der Waals surface area (Å²) in [5.74, 6) is -0.885. The Bertz CT molecular complexity index is 1070. The van der Waals surface area contributed by atoms with Gasteiger partial charge in [-0.05, 0) is 23.6 Å². The van der Waals surface area contributed by atoms with Gasteiger partial charge >= 0.3 is 6.18 Å². The lowest BCUT2D eigenvalue weighted by molar-refractivity contribution is -0.141. The standard InChI is InChI=1S/C22H21F3N4O2/c1-3-12-31-26-13-15-8-10-16(11-9-15)17-6-4-5-7-19(17)27-21(30)18-14-29(2)28-20(18)22(23,24)25/h4-11,13-14H,3,12H2,1-2H3,(H,27,30)/b26-13+. The van der Waals surface area contributed by atoms with Crippen molar-refractivity contribution in [2.75, 3.05) is 11.9 Å². The Labute approximate surface area is 177 Å². The van der Waals surface area contributed by atoms with E-state index < -0.39 is 23.3 Å². The Morgan fingerprint density at radius 3 is 2.58 bits per heavy atom. The van der Waals surface area contributed by atoms with Crippen molar-refractivity contribution in [1.82, 2.24) is 9.78 Å². The average molecular weight is 430 g/mol. The van der Waals surface area contributed by atoms with Crippen LogP contribution in [0.2, 0.25) is 0 Å². The summed E-state index contributed by atoms with van der Waals surface area (Å²) in [4.78, 5) is 17.7. The number of nitrogens with one attached hydrogen (secondary N) is 1. The lowest BCUT2D eigenvalue weighted by Gasteiger charge is -2.12. The van der Waals surface area contributed by atoms with E-state index in [2.05, 4.69) is 15.6 Å². The highest BCUT2D eigenvalue weighted by atomic mass is 19.4. The number of alkyl halides is 3. The van der Waals surface area contributed by atoms with Gasteiger partial charge < -0.3 is 10.2 Å². The van der Waals surface area contributed by atoms with Crippen LogP contribution in [0.25, 0.3) is 11.1 Å². The number of halogens is 3. The van der Waals surface area contributed by atoms with E-state index in [1.54, 1.807) is 30.5 Å². The van der Waals surface area contributed by atoms with Crippen LogP contribution in [0.5, 0.6) is 0 Å². The Hall–Kier alpha value is -3.62. The molecule has 0 atom stereocenters. The van der Waals surface area contributed by atoms with Crippen LogP contribution in [0.15, 0.2) is 59.9 Å². The Morgan fingerprint density at radius 1 is 1.19 bits per heavy atom. The normalized spacial score (nSPS) is 11.6. The van der Waals surface area contributed by atoms with Crippen molar-refractivity contribution in [2.45, 2.75) is 19.5 Å². The first-order valence-electron chi connectivity index (χ1n) is 9.56. The van der Waals surface area contributed by atoms with Gasteiger partial charge in [-0.15, -0.1) is 0 Å². The van der Waals surface area contributed by atoms with Crippen LogP contribution in [-0.2, 0) is 18.1 Å². The number of hydrogen-bond donors (Lipinski definition) is 1. The highest BCUT2D eigenvalue weighted by molar-refractivity contribution is 6.07. The van der Waals surface area contributed by atoms with Crippen molar-refractivity contribution in [3.05, 3.63) is 71.5 Å². The maximum atomic E-state index is 13.2. The van der Waals surface area contributed by atoms with Crippen molar-refractivity contribution in [3.8, 4) is 11.1 Å². The van der Waals surface area contributed by atoms with E-state index in [1.165, 1.54) is 7.05 Å². The number of carbonyl (C=O) groups is 1. The summed E-state index contributed by atoms with van der Waals surface area (Å²) in [5, 5.41) is 9.83. The molecule has 3 rings (SSSR count). The van der Waals surface area contributed by atoms with E-state index in [4.69, 9.17) is 4.84 Å². The molecule has 1 aromatic heterocycles. The molecule has 9 heteroatoms. The van der Waals surface area contributed by atoms with Gasteiger partial charge in [-0.25, -0.2) is 0 Å². The predicted molar refractivity (Wildman–Crippen MR) is 112 cm³/mol. The molecule has 0 bridgehead atoms. The van der Waals surface area contributed by atoms with Crippen LogP contribution in [-0.4, -0.2) is 28.5 Å². The molecule has 6 nitrogen and oxygen atoms in total. The Balaban J connectivity index is 1.83. The van der Waals surface area contributed by atoms with Crippen LogP contribution >= 0.6 is 0 Å². The van der Waals surface area contributed by atoms with Gasteiger partial charge in [0.05, 0.1) is 11.8 Å². The number of anilines is 1. The van der Waals surface area contributed by atoms with Gasteiger partial charge in [-0.3, -0.25) is 9.48 Å². The predicted octanol–water partition coefficient (Wildman–Crippen LogP) is 5.12. The highest BCUT2D eigenvalue weighted by Gasteiger charge is 2.39. The number of aromatic nitrogens is 2. The lowest BCUT2D eigenvalue weighted by Crippen LogP contribution is -2.18. The molecule has 1 N–H and O–H groups in total. The van der Waals surface area contributed by atoms with Gasteiger partial charge in [0.1, 0.15) is 6.61 Å². The number of carbonyl (C=O) groups excluding carboxylic acids is 1. The van der Waals surface area contributed by atoms with Crippen molar-refractivity contribution in [1.29, 1.82) is 0 Å². The quantitative estimate of drug-likeness (QED) is 0.321. The van der Waals surface area contributed by atoms with Crippen molar-refractivity contribution in [3.63, 3.8) is 0 Å². The first-order valence-corrected chi connectivity index (χ1v) is 9.56. The van der Waals surface area contributed by atoms with E-state index in [-0.39, 0.29) is 0 Å². The van der Waals surface area contributed by atoms with Crippen molar-refractivity contribution >= 4 is 17.8 Å². The molecule has 2 aromatic carbocycles. The molecule has 0 aliphatic rings. The number of hydrogen-bond acceptors (Lipinski definition) is 4. The highest BCUT2D eigenvalue weighted by Crippen LogP contribution is 2.32. The first-order chi connectivity index (χ1) is 14.8. The zero-order valence-electron chi connectivity index (χ0n) is 17.0. The largest absolute Gasteiger partial charge is 0.435 e. The molecule has 0 unspecified atom stereocenters. The maximum absolute atomic E-state index is 13.2. The molecule has 1 amide bonds. The second kappa shape index (κ2) is 9.46. The average Bonchev–Trinajstić information content (AvgIpc) is 3.15.